The standard InChI is InChI=1S/C14H25NO4/c1-10(2)12-6-8-15(9-7-12)13(17)19-14(4,5)18-11(3)16/h10,12H,6-9H2,1-5H3. The van der Waals surface area contributed by atoms with E-state index in [0.717, 1.165) is 12.8 Å². The van der Waals surface area contributed by atoms with E-state index in [1.54, 1.807) is 18.7 Å². The molecular weight excluding hydrogens is 246 g/mol. The predicted octanol–water partition coefficient (Wildman–Crippen LogP) is 2.79. The number of piperidine rings is 1. The Labute approximate surface area is 115 Å². The van der Waals surface area contributed by atoms with Gasteiger partial charge in [-0.25, -0.2) is 4.79 Å². The van der Waals surface area contributed by atoms with Crippen molar-refractivity contribution in [3.63, 3.8) is 0 Å². The molecule has 0 unspecified atom stereocenters. The number of carbonyl (C=O) groups excluding carboxylic acids is 2. The second-order valence-corrected chi connectivity index (χ2v) is 5.93. The molecule has 0 aliphatic carbocycles. The first kappa shape index (κ1) is 15.8. The molecule has 0 aromatic heterocycles. The van der Waals surface area contributed by atoms with Crippen molar-refractivity contribution >= 4 is 12.1 Å². The van der Waals surface area contributed by atoms with Crippen LogP contribution in [0, 0.1) is 11.8 Å². The Hall–Kier alpha value is -1.26. The zero-order valence-corrected chi connectivity index (χ0v) is 12.6. The number of hydrogen-bond donors (Lipinski definition) is 0. The number of ether oxygens (including phenoxy) is 2. The van der Waals surface area contributed by atoms with Crippen LogP contribution < -0.4 is 0 Å². The monoisotopic (exact) mass is 271 g/mol. The topological polar surface area (TPSA) is 55.8 Å². The summed E-state index contributed by atoms with van der Waals surface area (Å²) in [7, 11) is 0. The summed E-state index contributed by atoms with van der Waals surface area (Å²) in [6.45, 7) is 10.3. The summed E-state index contributed by atoms with van der Waals surface area (Å²) >= 11 is 0. The van der Waals surface area contributed by atoms with Gasteiger partial charge in [-0.3, -0.25) is 4.79 Å². The molecule has 0 radical (unpaired) electrons. The second kappa shape index (κ2) is 6.26. The molecule has 1 aliphatic rings. The fourth-order valence-corrected chi connectivity index (χ4v) is 2.39. The van der Waals surface area contributed by atoms with Crippen molar-refractivity contribution in [2.75, 3.05) is 13.1 Å². The zero-order chi connectivity index (χ0) is 14.6. The summed E-state index contributed by atoms with van der Waals surface area (Å²) in [4.78, 5) is 24.6. The van der Waals surface area contributed by atoms with Gasteiger partial charge in [0, 0.05) is 33.9 Å². The Morgan fingerprint density at radius 1 is 1.16 bits per heavy atom. The van der Waals surface area contributed by atoms with Crippen molar-refractivity contribution in [2.24, 2.45) is 11.8 Å². The van der Waals surface area contributed by atoms with Crippen LogP contribution in [-0.2, 0) is 14.3 Å². The van der Waals surface area contributed by atoms with Crippen molar-refractivity contribution in [1.82, 2.24) is 4.90 Å². The Morgan fingerprint density at radius 2 is 1.68 bits per heavy atom. The summed E-state index contributed by atoms with van der Waals surface area (Å²) in [5, 5.41) is 0. The minimum Gasteiger partial charge on any atom is -0.423 e. The summed E-state index contributed by atoms with van der Waals surface area (Å²) in [5.74, 6) is -0.352. The maximum absolute atomic E-state index is 12.0. The molecule has 0 aromatic carbocycles. The Balaban J connectivity index is 2.45. The van der Waals surface area contributed by atoms with Crippen molar-refractivity contribution in [3.8, 4) is 0 Å². The fraction of sp³-hybridized carbons (Fsp3) is 0.857. The fourth-order valence-electron chi connectivity index (χ4n) is 2.39. The summed E-state index contributed by atoms with van der Waals surface area (Å²) in [5.41, 5.74) is 0. The van der Waals surface area contributed by atoms with Crippen LogP contribution in [0.2, 0.25) is 0 Å². The molecule has 1 saturated heterocycles. The lowest BCUT2D eigenvalue weighted by Crippen LogP contribution is -2.44. The number of likely N-dealkylation sites (tertiary alicyclic amines) is 1. The Morgan fingerprint density at radius 3 is 2.11 bits per heavy atom. The average molecular weight is 271 g/mol. The molecule has 0 atom stereocenters. The molecule has 5 heteroatoms. The van der Waals surface area contributed by atoms with Gasteiger partial charge in [-0.15, -0.1) is 0 Å². The van der Waals surface area contributed by atoms with E-state index in [1.807, 2.05) is 0 Å². The number of nitrogens with zero attached hydrogens (tertiary/aromatic N) is 1. The number of rotatable bonds is 3. The normalized spacial score (nSPS) is 17.5. The highest BCUT2D eigenvalue weighted by Gasteiger charge is 2.31. The minimum absolute atomic E-state index is 0.409. The van der Waals surface area contributed by atoms with Crippen LogP contribution in [0.5, 0.6) is 0 Å². The summed E-state index contributed by atoms with van der Waals surface area (Å²) in [6.07, 6.45) is 1.59. The van der Waals surface area contributed by atoms with Crippen molar-refractivity contribution in [3.05, 3.63) is 0 Å². The number of esters is 1. The van der Waals surface area contributed by atoms with E-state index in [4.69, 9.17) is 9.47 Å². The molecule has 0 spiro atoms. The third-order valence-electron chi connectivity index (χ3n) is 3.46. The smallest absolute Gasteiger partial charge is 0.413 e. The number of amides is 1. The van der Waals surface area contributed by atoms with Crippen LogP contribution in [0.4, 0.5) is 4.79 Å². The SMILES string of the molecule is CC(=O)OC(C)(C)OC(=O)N1CCC(C(C)C)CC1. The molecular formula is C14H25NO4. The average Bonchev–Trinajstić information content (AvgIpc) is 2.26. The molecule has 1 rings (SSSR count). The molecule has 1 aliphatic heterocycles. The van der Waals surface area contributed by atoms with Crippen LogP contribution in [0.25, 0.3) is 0 Å². The van der Waals surface area contributed by atoms with Crippen molar-refractivity contribution in [2.45, 2.75) is 53.2 Å². The van der Waals surface area contributed by atoms with E-state index in [9.17, 15) is 9.59 Å². The van der Waals surface area contributed by atoms with Gasteiger partial charge in [-0.05, 0) is 24.7 Å². The van der Waals surface area contributed by atoms with Gasteiger partial charge in [0.25, 0.3) is 5.79 Å². The molecule has 110 valence electrons. The first-order chi connectivity index (χ1) is 8.71. The van der Waals surface area contributed by atoms with E-state index >= 15 is 0 Å². The van der Waals surface area contributed by atoms with E-state index in [1.165, 1.54) is 6.92 Å². The second-order valence-electron chi connectivity index (χ2n) is 5.93. The minimum atomic E-state index is -1.21. The lowest BCUT2D eigenvalue weighted by atomic mass is 9.87. The van der Waals surface area contributed by atoms with E-state index in [0.29, 0.717) is 24.9 Å². The third-order valence-corrected chi connectivity index (χ3v) is 3.46. The van der Waals surface area contributed by atoms with Crippen LogP contribution in [0.1, 0.15) is 47.5 Å². The quantitative estimate of drug-likeness (QED) is 0.585. The Bertz CT molecular complexity index is 330. The molecule has 0 aromatic rings. The first-order valence-corrected chi connectivity index (χ1v) is 6.89. The molecule has 0 bridgehead atoms. The molecule has 1 amide bonds. The molecule has 5 nitrogen and oxygen atoms in total. The lowest BCUT2D eigenvalue weighted by molar-refractivity contribution is -0.195. The van der Waals surface area contributed by atoms with Crippen LogP contribution in [-0.4, -0.2) is 35.8 Å². The highest BCUT2D eigenvalue weighted by Crippen LogP contribution is 2.25. The van der Waals surface area contributed by atoms with Crippen molar-refractivity contribution in [1.29, 1.82) is 0 Å². The lowest BCUT2D eigenvalue weighted by Gasteiger charge is -2.35. The van der Waals surface area contributed by atoms with Gasteiger partial charge >= 0.3 is 12.1 Å². The molecule has 0 saturated carbocycles. The van der Waals surface area contributed by atoms with Crippen molar-refractivity contribution < 1.29 is 19.1 Å². The number of hydrogen-bond acceptors (Lipinski definition) is 4. The van der Waals surface area contributed by atoms with Gasteiger partial charge in [0.15, 0.2) is 0 Å². The van der Waals surface area contributed by atoms with Crippen LogP contribution in [0.15, 0.2) is 0 Å². The largest absolute Gasteiger partial charge is 0.423 e. The van der Waals surface area contributed by atoms with E-state index < -0.39 is 17.8 Å². The van der Waals surface area contributed by atoms with E-state index in [2.05, 4.69) is 13.8 Å². The van der Waals surface area contributed by atoms with Gasteiger partial charge in [-0.1, -0.05) is 13.8 Å². The highest BCUT2D eigenvalue weighted by molar-refractivity contribution is 5.69. The molecule has 0 N–H and O–H groups in total. The maximum Gasteiger partial charge on any atom is 0.413 e. The van der Waals surface area contributed by atoms with E-state index in [-0.39, 0.29) is 0 Å². The highest BCUT2D eigenvalue weighted by atomic mass is 16.7. The van der Waals surface area contributed by atoms with Gasteiger partial charge in [0.1, 0.15) is 0 Å². The van der Waals surface area contributed by atoms with Gasteiger partial charge in [0.05, 0.1) is 0 Å². The summed E-state index contributed by atoms with van der Waals surface area (Å²) in [6, 6.07) is 0. The predicted molar refractivity (Wildman–Crippen MR) is 71.5 cm³/mol. The third kappa shape index (κ3) is 5.09. The van der Waals surface area contributed by atoms with Gasteiger partial charge in [-0.2, -0.15) is 0 Å². The van der Waals surface area contributed by atoms with Gasteiger partial charge in [0.2, 0.25) is 0 Å². The Kier molecular flexibility index (Phi) is 5.20. The van der Waals surface area contributed by atoms with Crippen LogP contribution >= 0.6 is 0 Å². The number of carbonyl (C=O) groups is 2. The maximum atomic E-state index is 12.0. The first-order valence-electron chi connectivity index (χ1n) is 6.89. The van der Waals surface area contributed by atoms with Crippen LogP contribution in [0.3, 0.4) is 0 Å². The zero-order valence-electron chi connectivity index (χ0n) is 12.6. The van der Waals surface area contributed by atoms with Gasteiger partial charge < -0.3 is 14.4 Å². The molecule has 1 heterocycles. The molecule has 19 heavy (non-hydrogen) atoms. The molecule has 1 fully saturated rings. The summed E-state index contributed by atoms with van der Waals surface area (Å²) < 4.78 is 10.2.